The van der Waals surface area contributed by atoms with Crippen LogP contribution in [0.25, 0.3) is 11.0 Å². The van der Waals surface area contributed by atoms with Crippen LogP contribution in [0.3, 0.4) is 0 Å². The van der Waals surface area contributed by atoms with Gasteiger partial charge in [-0.05, 0) is 12.1 Å². The standard InChI is InChI=1S/C13H15ClN4O2/c14-9-2-1-3-10-12(9)18-13(16-10)17-11(19)6-8-7-20-5-4-15-8/h1-3,8,15H,4-7H2,(H2,16,17,18,19). The number of carbonyl (C=O) groups excluding carboxylic acids is 1. The summed E-state index contributed by atoms with van der Waals surface area (Å²) in [5.74, 6) is 0.304. The third kappa shape index (κ3) is 2.92. The summed E-state index contributed by atoms with van der Waals surface area (Å²) in [7, 11) is 0. The van der Waals surface area contributed by atoms with Gasteiger partial charge in [-0.3, -0.25) is 10.1 Å². The molecule has 1 atom stereocenters. The van der Waals surface area contributed by atoms with Gasteiger partial charge in [0, 0.05) is 19.0 Å². The zero-order valence-electron chi connectivity index (χ0n) is 10.8. The van der Waals surface area contributed by atoms with Crippen LogP contribution >= 0.6 is 11.6 Å². The topological polar surface area (TPSA) is 79.0 Å². The Morgan fingerprint density at radius 1 is 1.55 bits per heavy atom. The SMILES string of the molecule is O=C(CC1COCCN1)Nc1nc2c(Cl)cccc2[nH]1. The van der Waals surface area contributed by atoms with Crippen LogP contribution in [0.2, 0.25) is 5.02 Å². The molecule has 0 saturated carbocycles. The van der Waals surface area contributed by atoms with Gasteiger partial charge in [0.1, 0.15) is 5.52 Å². The number of ether oxygens (including phenoxy) is 1. The van der Waals surface area contributed by atoms with Crippen LogP contribution in [0.1, 0.15) is 6.42 Å². The first-order valence-electron chi connectivity index (χ1n) is 6.47. The molecule has 1 unspecified atom stereocenters. The van der Waals surface area contributed by atoms with Crippen LogP contribution in [0, 0.1) is 0 Å². The number of imidazole rings is 1. The lowest BCUT2D eigenvalue weighted by Crippen LogP contribution is -2.43. The molecule has 1 aliphatic rings. The third-order valence-corrected chi connectivity index (χ3v) is 3.46. The number of carbonyl (C=O) groups is 1. The molecule has 106 valence electrons. The van der Waals surface area contributed by atoms with Crippen LogP contribution in [-0.2, 0) is 9.53 Å². The highest BCUT2D eigenvalue weighted by Crippen LogP contribution is 2.22. The molecule has 1 aromatic carbocycles. The van der Waals surface area contributed by atoms with E-state index in [2.05, 4.69) is 20.6 Å². The highest BCUT2D eigenvalue weighted by Gasteiger charge is 2.17. The van der Waals surface area contributed by atoms with Crippen molar-refractivity contribution in [3.63, 3.8) is 0 Å². The maximum absolute atomic E-state index is 11.9. The quantitative estimate of drug-likeness (QED) is 0.802. The van der Waals surface area contributed by atoms with Crippen LogP contribution in [-0.4, -0.2) is 41.7 Å². The Balaban J connectivity index is 1.66. The van der Waals surface area contributed by atoms with Crippen molar-refractivity contribution in [2.24, 2.45) is 0 Å². The van der Waals surface area contributed by atoms with Crippen LogP contribution in [0.5, 0.6) is 0 Å². The minimum Gasteiger partial charge on any atom is -0.378 e. The van der Waals surface area contributed by atoms with Gasteiger partial charge in [0.25, 0.3) is 0 Å². The minimum atomic E-state index is -0.108. The monoisotopic (exact) mass is 294 g/mol. The largest absolute Gasteiger partial charge is 0.378 e. The van der Waals surface area contributed by atoms with E-state index in [1.807, 2.05) is 12.1 Å². The predicted octanol–water partition coefficient (Wildman–Crippen LogP) is 1.53. The van der Waals surface area contributed by atoms with E-state index in [0.29, 0.717) is 36.1 Å². The van der Waals surface area contributed by atoms with Gasteiger partial charge >= 0.3 is 0 Å². The molecule has 1 fully saturated rings. The van der Waals surface area contributed by atoms with Crippen molar-refractivity contribution in [3.05, 3.63) is 23.2 Å². The molecule has 0 radical (unpaired) electrons. The van der Waals surface area contributed by atoms with E-state index in [1.54, 1.807) is 6.07 Å². The first-order chi connectivity index (χ1) is 9.72. The number of hydrogen-bond donors (Lipinski definition) is 3. The fourth-order valence-corrected chi connectivity index (χ4v) is 2.43. The molecule has 6 nitrogen and oxygen atoms in total. The van der Waals surface area contributed by atoms with E-state index < -0.39 is 0 Å². The van der Waals surface area contributed by atoms with E-state index >= 15 is 0 Å². The van der Waals surface area contributed by atoms with E-state index in [-0.39, 0.29) is 11.9 Å². The van der Waals surface area contributed by atoms with E-state index in [4.69, 9.17) is 16.3 Å². The number of fused-ring (bicyclic) bond motifs is 1. The Morgan fingerprint density at radius 2 is 2.45 bits per heavy atom. The summed E-state index contributed by atoms with van der Waals surface area (Å²) < 4.78 is 5.31. The Morgan fingerprint density at radius 3 is 3.20 bits per heavy atom. The summed E-state index contributed by atoms with van der Waals surface area (Å²) in [6.07, 6.45) is 0.352. The second kappa shape index (κ2) is 5.78. The molecule has 20 heavy (non-hydrogen) atoms. The summed E-state index contributed by atoms with van der Waals surface area (Å²) in [5, 5.41) is 6.54. The average Bonchev–Trinajstić information content (AvgIpc) is 2.83. The van der Waals surface area contributed by atoms with Crippen molar-refractivity contribution < 1.29 is 9.53 Å². The van der Waals surface area contributed by atoms with Gasteiger partial charge in [0.05, 0.1) is 23.8 Å². The number of amides is 1. The van der Waals surface area contributed by atoms with Gasteiger partial charge < -0.3 is 15.0 Å². The summed E-state index contributed by atoms with van der Waals surface area (Å²) in [6, 6.07) is 5.51. The van der Waals surface area contributed by atoms with Gasteiger partial charge in [-0.25, -0.2) is 4.98 Å². The molecule has 3 rings (SSSR count). The summed E-state index contributed by atoms with van der Waals surface area (Å²) in [5.41, 5.74) is 1.45. The molecule has 3 N–H and O–H groups in total. The second-order valence-electron chi connectivity index (χ2n) is 4.70. The number of hydrogen-bond acceptors (Lipinski definition) is 4. The zero-order valence-corrected chi connectivity index (χ0v) is 11.5. The number of morpholine rings is 1. The maximum atomic E-state index is 11.9. The molecule has 0 aliphatic carbocycles. The lowest BCUT2D eigenvalue weighted by atomic mass is 10.2. The Bertz CT molecular complexity index is 622. The third-order valence-electron chi connectivity index (χ3n) is 3.15. The van der Waals surface area contributed by atoms with Crippen molar-refractivity contribution in [3.8, 4) is 0 Å². The van der Waals surface area contributed by atoms with E-state index in [1.165, 1.54) is 0 Å². The van der Waals surface area contributed by atoms with Gasteiger partial charge in [-0.15, -0.1) is 0 Å². The summed E-state index contributed by atoms with van der Waals surface area (Å²) in [4.78, 5) is 19.2. The minimum absolute atomic E-state index is 0.0525. The number of para-hydroxylation sites is 1. The van der Waals surface area contributed by atoms with E-state index in [0.717, 1.165) is 12.1 Å². The number of benzene rings is 1. The Kier molecular flexibility index (Phi) is 3.86. The number of halogens is 1. The lowest BCUT2D eigenvalue weighted by molar-refractivity contribution is -0.117. The van der Waals surface area contributed by atoms with E-state index in [9.17, 15) is 4.79 Å². The average molecular weight is 295 g/mol. The molecular weight excluding hydrogens is 280 g/mol. The van der Waals surface area contributed by atoms with Crippen LogP contribution < -0.4 is 10.6 Å². The summed E-state index contributed by atoms with van der Waals surface area (Å²) in [6.45, 7) is 2.03. The number of H-pyrrole nitrogens is 1. The first-order valence-corrected chi connectivity index (χ1v) is 6.85. The number of anilines is 1. The van der Waals surface area contributed by atoms with Crippen molar-refractivity contribution in [1.82, 2.24) is 15.3 Å². The molecule has 7 heteroatoms. The molecule has 1 aromatic heterocycles. The molecule has 2 heterocycles. The van der Waals surface area contributed by atoms with Gasteiger partial charge in [0.2, 0.25) is 11.9 Å². The van der Waals surface area contributed by atoms with Crippen molar-refractivity contribution in [2.75, 3.05) is 25.1 Å². The fourth-order valence-electron chi connectivity index (χ4n) is 2.21. The van der Waals surface area contributed by atoms with Gasteiger partial charge in [0.15, 0.2) is 0 Å². The molecule has 0 bridgehead atoms. The molecule has 2 aromatic rings. The zero-order chi connectivity index (χ0) is 13.9. The number of aromatic nitrogens is 2. The number of aromatic amines is 1. The van der Waals surface area contributed by atoms with Crippen molar-refractivity contribution >= 4 is 34.5 Å². The Hall–Kier alpha value is -1.63. The summed E-state index contributed by atoms with van der Waals surface area (Å²) >= 11 is 6.04. The van der Waals surface area contributed by atoms with Crippen molar-refractivity contribution in [2.45, 2.75) is 12.5 Å². The normalized spacial score (nSPS) is 19.1. The van der Waals surface area contributed by atoms with Gasteiger partial charge in [-0.1, -0.05) is 17.7 Å². The number of nitrogens with one attached hydrogen (secondary N) is 3. The molecular formula is C13H15ClN4O2. The maximum Gasteiger partial charge on any atom is 0.228 e. The number of nitrogens with zero attached hydrogens (tertiary/aromatic N) is 1. The fraction of sp³-hybridized carbons (Fsp3) is 0.385. The van der Waals surface area contributed by atoms with Crippen molar-refractivity contribution in [1.29, 1.82) is 0 Å². The highest BCUT2D eigenvalue weighted by molar-refractivity contribution is 6.35. The van der Waals surface area contributed by atoms with Gasteiger partial charge in [-0.2, -0.15) is 0 Å². The Labute approximate surface area is 120 Å². The smallest absolute Gasteiger partial charge is 0.228 e. The first kappa shape index (κ1) is 13.4. The molecule has 0 spiro atoms. The van der Waals surface area contributed by atoms with Crippen LogP contribution in [0.4, 0.5) is 5.95 Å². The lowest BCUT2D eigenvalue weighted by Gasteiger charge is -2.22. The second-order valence-corrected chi connectivity index (χ2v) is 5.11. The van der Waals surface area contributed by atoms with Crippen LogP contribution in [0.15, 0.2) is 18.2 Å². The molecule has 1 saturated heterocycles. The molecule has 1 aliphatic heterocycles. The predicted molar refractivity (Wildman–Crippen MR) is 77.0 cm³/mol. The highest BCUT2D eigenvalue weighted by atomic mass is 35.5. The molecule has 1 amide bonds. The number of rotatable bonds is 3.